The Morgan fingerprint density at radius 2 is 2.42 bits per heavy atom. The van der Waals surface area contributed by atoms with Crippen LogP contribution < -0.4 is 5.48 Å². The van der Waals surface area contributed by atoms with Crippen molar-refractivity contribution in [3.05, 3.63) is 40.3 Å². The number of nitrogens with one attached hydrogen (secondary N) is 1. The van der Waals surface area contributed by atoms with E-state index in [1.807, 2.05) is 0 Å². The summed E-state index contributed by atoms with van der Waals surface area (Å²) in [7, 11) is 0. The highest BCUT2D eigenvalue weighted by Gasteiger charge is 2.16. The Hall–Kier alpha value is -2.08. The molecule has 1 saturated heterocycles. The molecule has 0 aliphatic carbocycles. The maximum Gasteiger partial charge on any atom is 0.274 e. The fourth-order valence-corrected chi connectivity index (χ4v) is 1.74. The summed E-state index contributed by atoms with van der Waals surface area (Å²) in [5.41, 5.74) is 11.4. The van der Waals surface area contributed by atoms with Crippen LogP contribution in [-0.2, 0) is 9.57 Å². The molecule has 0 radical (unpaired) electrons. The Kier molecular flexibility index (Phi) is 4.74. The Morgan fingerprint density at radius 3 is 3.16 bits per heavy atom. The van der Waals surface area contributed by atoms with Gasteiger partial charge in [-0.2, -0.15) is 0 Å². The number of azide groups is 1. The quantitative estimate of drug-likeness (QED) is 0.391. The lowest BCUT2D eigenvalue weighted by atomic mass is 10.2. The molecule has 1 atom stereocenters. The van der Waals surface area contributed by atoms with Crippen LogP contribution in [0.15, 0.2) is 29.4 Å². The van der Waals surface area contributed by atoms with E-state index in [1.165, 1.54) is 6.07 Å². The number of hydrogen-bond acceptors (Lipinski definition) is 4. The first-order chi connectivity index (χ1) is 9.29. The minimum Gasteiger partial charge on any atom is -0.350 e. The molecule has 0 spiro atoms. The van der Waals surface area contributed by atoms with Crippen LogP contribution in [0.2, 0.25) is 0 Å². The molecule has 1 aromatic carbocycles. The molecule has 1 heterocycles. The average molecular weight is 262 g/mol. The minimum absolute atomic E-state index is 0.362. The van der Waals surface area contributed by atoms with E-state index in [2.05, 4.69) is 15.5 Å². The van der Waals surface area contributed by atoms with Gasteiger partial charge in [-0.25, -0.2) is 10.3 Å². The van der Waals surface area contributed by atoms with Crippen molar-refractivity contribution in [2.75, 3.05) is 6.61 Å². The van der Waals surface area contributed by atoms with Crippen LogP contribution in [0.1, 0.15) is 29.6 Å². The molecule has 7 nitrogen and oxygen atoms in total. The van der Waals surface area contributed by atoms with Crippen LogP contribution in [-0.4, -0.2) is 18.8 Å². The zero-order valence-electron chi connectivity index (χ0n) is 10.3. The van der Waals surface area contributed by atoms with Crippen molar-refractivity contribution in [3.63, 3.8) is 0 Å². The van der Waals surface area contributed by atoms with E-state index in [9.17, 15) is 4.79 Å². The minimum atomic E-state index is -0.399. The molecule has 0 bridgehead atoms. The van der Waals surface area contributed by atoms with Gasteiger partial charge in [0.2, 0.25) is 0 Å². The van der Waals surface area contributed by atoms with E-state index in [-0.39, 0.29) is 0 Å². The van der Waals surface area contributed by atoms with E-state index in [4.69, 9.17) is 15.1 Å². The molecular weight excluding hydrogens is 248 g/mol. The van der Waals surface area contributed by atoms with E-state index >= 15 is 0 Å². The van der Waals surface area contributed by atoms with Gasteiger partial charge in [0.05, 0.1) is 0 Å². The Bertz CT molecular complexity index is 494. The lowest BCUT2D eigenvalue weighted by Gasteiger charge is -2.22. The van der Waals surface area contributed by atoms with Crippen molar-refractivity contribution in [3.8, 4) is 0 Å². The summed E-state index contributed by atoms with van der Waals surface area (Å²) >= 11 is 0. The van der Waals surface area contributed by atoms with Gasteiger partial charge in [0.1, 0.15) is 0 Å². The number of carbonyl (C=O) groups is 1. The lowest BCUT2D eigenvalue weighted by Crippen LogP contribution is -2.33. The van der Waals surface area contributed by atoms with Crippen molar-refractivity contribution in [2.45, 2.75) is 25.6 Å². The number of hydroxylamine groups is 1. The highest BCUT2D eigenvalue weighted by molar-refractivity contribution is 5.94. The fourth-order valence-electron chi connectivity index (χ4n) is 1.74. The van der Waals surface area contributed by atoms with Crippen molar-refractivity contribution in [1.29, 1.82) is 0 Å². The zero-order valence-corrected chi connectivity index (χ0v) is 10.3. The summed E-state index contributed by atoms with van der Waals surface area (Å²) in [6.45, 7) is 0.646. The van der Waals surface area contributed by atoms with E-state index in [0.29, 0.717) is 17.9 Å². The molecule has 1 aliphatic rings. The first-order valence-electron chi connectivity index (χ1n) is 6.02. The number of nitrogens with zero attached hydrogens (tertiary/aromatic N) is 3. The fraction of sp³-hybridized carbons (Fsp3) is 0.417. The average Bonchev–Trinajstić information content (AvgIpc) is 2.46. The third-order valence-electron chi connectivity index (χ3n) is 2.69. The van der Waals surface area contributed by atoms with E-state index < -0.39 is 12.2 Å². The number of ether oxygens (including phenoxy) is 1. The van der Waals surface area contributed by atoms with Gasteiger partial charge in [0, 0.05) is 29.2 Å². The number of rotatable bonds is 4. The van der Waals surface area contributed by atoms with Crippen LogP contribution in [0, 0.1) is 0 Å². The summed E-state index contributed by atoms with van der Waals surface area (Å²) in [6, 6.07) is 6.34. The third-order valence-corrected chi connectivity index (χ3v) is 2.69. The second kappa shape index (κ2) is 6.75. The van der Waals surface area contributed by atoms with Crippen LogP contribution in [0.3, 0.4) is 0 Å². The first kappa shape index (κ1) is 13.4. The number of hydrogen-bond donors (Lipinski definition) is 1. The molecule has 1 N–H and O–H groups in total. The van der Waals surface area contributed by atoms with Crippen molar-refractivity contribution < 1.29 is 14.4 Å². The van der Waals surface area contributed by atoms with Crippen LogP contribution >= 0.6 is 0 Å². The molecule has 0 aromatic heterocycles. The van der Waals surface area contributed by atoms with E-state index in [0.717, 1.165) is 19.3 Å². The molecule has 2 rings (SSSR count). The first-order valence-corrected chi connectivity index (χ1v) is 6.02. The van der Waals surface area contributed by atoms with Gasteiger partial charge < -0.3 is 4.74 Å². The number of benzene rings is 1. The van der Waals surface area contributed by atoms with Crippen molar-refractivity contribution >= 4 is 11.6 Å². The number of carbonyl (C=O) groups excluding carboxylic acids is 1. The predicted octanol–water partition coefficient (Wildman–Crippen LogP) is 2.82. The van der Waals surface area contributed by atoms with Gasteiger partial charge >= 0.3 is 0 Å². The topological polar surface area (TPSA) is 96.3 Å². The molecule has 7 heteroatoms. The van der Waals surface area contributed by atoms with Gasteiger partial charge in [-0.3, -0.25) is 4.79 Å². The molecular formula is C12H14N4O3. The van der Waals surface area contributed by atoms with Crippen molar-refractivity contribution in [2.24, 2.45) is 5.11 Å². The summed E-state index contributed by atoms with van der Waals surface area (Å²) in [5.74, 6) is -0.399. The Labute approximate surface area is 110 Å². The SMILES string of the molecule is [N-]=[N+]=Nc1cccc(C(=O)NOC2CCCCO2)c1. The molecule has 1 amide bonds. The largest absolute Gasteiger partial charge is 0.350 e. The van der Waals surface area contributed by atoms with Gasteiger partial charge in [-0.05, 0) is 30.5 Å². The summed E-state index contributed by atoms with van der Waals surface area (Å²) < 4.78 is 5.32. The van der Waals surface area contributed by atoms with Gasteiger partial charge in [-0.15, -0.1) is 0 Å². The molecule has 1 aromatic rings. The van der Waals surface area contributed by atoms with Gasteiger partial charge in [-0.1, -0.05) is 17.2 Å². The molecule has 19 heavy (non-hydrogen) atoms. The summed E-state index contributed by atoms with van der Waals surface area (Å²) in [5, 5.41) is 3.43. The van der Waals surface area contributed by atoms with Crippen LogP contribution in [0.5, 0.6) is 0 Å². The number of amides is 1. The molecule has 1 fully saturated rings. The normalized spacial score (nSPS) is 18.4. The molecule has 1 unspecified atom stereocenters. The van der Waals surface area contributed by atoms with Crippen LogP contribution in [0.4, 0.5) is 5.69 Å². The smallest absolute Gasteiger partial charge is 0.274 e. The molecule has 0 saturated carbocycles. The monoisotopic (exact) mass is 262 g/mol. The van der Waals surface area contributed by atoms with Crippen molar-refractivity contribution in [1.82, 2.24) is 5.48 Å². The second-order valence-corrected chi connectivity index (χ2v) is 4.08. The maximum absolute atomic E-state index is 11.8. The zero-order chi connectivity index (χ0) is 13.5. The highest BCUT2D eigenvalue weighted by atomic mass is 16.8. The Morgan fingerprint density at radius 1 is 1.53 bits per heavy atom. The van der Waals surface area contributed by atoms with Gasteiger partial charge in [0.15, 0.2) is 6.29 Å². The highest BCUT2D eigenvalue weighted by Crippen LogP contribution is 2.15. The Balaban J connectivity index is 1.91. The predicted molar refractivity (Wildman–Crippen MR) is 67.4 cm³/mol. The molecule has 1 aliphatic heterocycles. The summed E-state index contributed by atoms with van der Waals surface area (Å²) in [4.78, 5) is 19.7. The summed E-state index contributed by atoms with van der Waals surface area (Å²) in [6.07, 6.45) is 2.41. The van der Waals surface area contributed by atoms with Gasteiger partial charge in [0.25, 0.3) is 5.91 Å². The van der Waals surface area contributed by atoms with E-state index in [1.54, 1.807) is 18.2 Å². The maximum atomic E-state index is 11.8. The standard InChI is InChI=1S/C12H14N4O3/c13-16-14-10-5-3-4-9(8-10)12(17)15-19-11-6-1-2-7-18-11/h3-5,8,11H,1-2,6-7H2,(H,15,17). The second-order valence-electron chi connectivity index (χ2n) is 4.08. The lowest BCUT2D eigenvalue weighted by molar-refractivity contribution is -0.186. The van der Waals surface area contributed by atoms with Crippen LogP contribution in [0.25, 0.3) is 10.4 Å². The molecule has 100 valence electrons. The third kappa shape index (κ3) is 3.96.